The molecular weight excluding hydrogens is 318 g/mol. The van der Waals surface area contributed by atoms with Crippen molar-refractivity contribution in [3.05, 3.63) is 70.3 Å². The van der Waals surface area contributed by atoms with Crippen molar-refractivity contribution in [2.24, 2.45) is 5.92 Å². The number of hydrogen-bond donors (Lipinski definition) is 2. The van der Waals surface area contributed by atoms with E-state index in [1.807, 2.05) is 30.3 Å². The SMILES string of the molecule is CC(C)C[C@@H](NC(=O)CNc1cccc([N+](=O)[O-])c1)c1ccccc1. The van der Waals surface area contributed by atoms with Crippen molar-refractivity contribution in [1.82, 2.24) is 5.32 Å². The minimum Gasteiger partial charge on any atom is -0.376 e. The van der Waals surface area contributed by atoms with Crippen molar-refractivity contribution in [3.63, 3.8) is 0 Å². The van der Waals surface area contributed by atoms with E-state index >= 15 is 0 Å². The highest BCUT2D eigenvalue weighted by molar-refractivity contribution is 5.81. The Bertz CT molecular complexity index is 717. The molecule has 2 aromatic carbocycles. The first-order valence-corrected chi connectivity index (χ1v) is 8.28. The fraction of sp³-hybridized carbons (Fsp3) is 0.316. The van der Waals surface area contributed by atoms with Crippen LogP contribution in [0.25, 0.3) is 0 Å². The Morgan fingerprint density at radius 2 is 1.84 bits per heavy atom. The van der Waals surface area contributed by atoms with Gasteiger partial charge in [-0.05, 0) is 24.0 Å². The average molecular weight is 341 g/mol. The average Bonchev–Trinajstić information content (AvgIpc) is 2.60. The molecule has 2 aromatic rings. The number of rotatable bonds is 8. The molecule has 0 unspecified atom stereocenters. The van der Waals surface area contributed by atoms with Crippen LogP contribution in [-0.2, 0) is 4.79 Å². The van der Waals surface area contributed by atoms with Gasteiger partial charge in [0.1, 0.15) is 0 Å². The number of nitro groups is 1. The maximum absolute atomic E-state index is 12.3. The summed E-state index contributed by atoms with van der Waals surface area (Å²) < 4.78 is 0. The summed E-state index contributed by atoms with van der Waals surface area (Å²) in [6, 6.07) is 15.9. The standard InChI is InChI=1S/C19H23N3O3/c1-14(2)11-18(15-7-4-3-5-8-15)21-19(23)13-20-16-9-6-10-17(12-16)22(24)25/h3-10,12,14,18,20H,11,13H2,1-2H3,(H,21,23)/t18-/m1/s1. The molecule has 6 nitrogen and oxygen atoms in total. The van der Waals surface area contributed by atoms with Gasteiger partial charge in [-0.2, -0.15) is 0 Å². The highest BCUT2D eigenvalue weighted by Crippen LogP contribution is 2.21. The minimum absolute atomic E-state index is 0.00706. The van der Waals surface area contributed by atoms with Crippen LogP contribution < -0.4 is 10.6 Å². The summed E-state index contributed by atoms with van der Waals surface area (Å²) in [5, 5.41) is 16.8. The Hall–Kier alpha value is -2.89. The molecule has 132 valence electrons. The molecule has 0 saturated carbocycles. The van der Waals surface area contributed by atoms with Crippen molar-refractivity contribution in [3.8, 4) is 0 Å². The van der Waals surface area contributed by atoms with Crippen molar-refractivity contribution in [1.29, 1.82) is 0 Å². The van der Waals surface area contributed by atoms with Crippen LogP contribution in [0.4, 0.5) is 11.4 Å². The second-order valence-electron chi connectivity index (χ2n) is 6.32. The lowest BCUT2D eigenvalue weighted by Crippen LogP contribution is -2.34. The molecule has 1 atom stereocenters. The van der Waals surface area contributed by atoms with E-state index in [9.17, 15) is 14.9 Å². The summed E-state index contributed by atoms with van der Waals surface area (Å²) in [7, 11) is 0. The highest BCUT2D eigenvalue weighted by atomic mass is 16.6. The molecular formula is C19H23N3O3. The van der Waals surface area contributed by atoms with Gasteiger partial charge in [0.05, 0.1) is 17.5 Å². The molecule has 0 aliphatic rings. The molecule has 2 N–H and O–H groups in total. The zero-order valence-corrected chi connectivity index (χ0v) is 14.4. The number of anilines is 1. The molecule has 0 heterocycles. The lowest BCUT2D eigenvalue weighted by Gasteiger charge is -2.21. The van der Waals surface area contributed by atoms with Crippen LogP contribution in [0, 0.1) is 16.0 Å². The number of carbonyl (C=O) groups excluding carboxylic acids is 1. The summed E-state index contributed by atoms with van der Waals surface area (Å²) in [4.78, 5) is 22.6. The maximum atomic E-state index is 12.3. The maximum Gasteiger partial charge on any atom is 0.271 e. The number of nitro benzene ring substituents is 1. The monoisotopic (exact) mass is 341 g/mol. The van der Waals surface area contributed by atoms with Gasteiger partial charge in [-0.3, -0.25) is 14.9 Å². The van der Waals surface area contributed by atoms with E-state index < -0.39 is 4.92 Å². The topological polar surface area (TPSA) is 84.3 Å². The second kappa shape index (κ2) is 8.82. The van der Waals surface area contributed by atoms with E-state index in [1.54, 1.807) is 12.1 Å². The van der Waals surface area contributed by atoms with Crippen molar-refractivity contribution >= 4 is 17.3 Å². The van der Waals surface area contributed by atoms with Gasteiger partial charge >= 0.3 is 0 Å². The summed E-state index contributed by atoms with van der Waals surface area (Å²) in [6.07, 6.45) is 0.840. The number of non-ortho nitro benzene ring substituents is 1. The summed E-state index contributed by atoms with van der Waals surface area (Å²) in [5.74, 6) is 0.288. The fourth-order valence-electron chi connectivity index (χ4n) is 2.59. The largest absolute Gasteiger partial charge is 0.376 e. The van der Waals surface area contributed by atoms with Crippen LogP contribution in [0.1, 0.15) is 31.9 Å². The summed E-state index contributed by atoms with van der Waals surface area (Å²) in [6.45, 7) is 4.29. The van der Waals surface area contributed by atoms with Crippen LogP contribution in [0.15, 0.2) is 54.6 Å². The molecule has 0 aromatic heterocycles. The third kappa shape index (κ3) is 5.91. The Kier molecular flexibility index (Phi) is 6.51. The van der Waals surface area contributed by atoms with Crippen LogP contribution in [0.2, 0.25) is 0 Å². The van der Waals surface area contributed by atoms with Gasteiger partial charge in [0.25, 0.3) is 5.69 Å². The van der Waals surface area contributed by atoms with Gasteiger partial charge in [0.2, 0.25) is 5.91 Å². The number of carbonyl (C=O) groups is 1. The molecule has 0 spiro atoms. The van der Waals surface area contributed by atoms with E-state index in [0.717, 1.165) is 12.0 Å². The Morgan fingerprint density at radius 3 is 2.48 bits per heavy atom. The molecule has 2 rings (SSSR count). The number of hydrogen-bond acceptors (Lipinski definition) is 4. The van der Waals surface area contributed by atoms with Crippen LogP contribution in [0.3, 0.4) is 0 Å². The highest BCUT2D eigenvalue weighted by Gasteiger charge is 2.16. The normalized spacial score (nSPS) is 11.8. The minimum atomic E-state index is -0.459. The first-order chi connectivity index (χ1) is 12.0. The Labute approximate surface area is 147 Å². The predicted octanol–water partition coefficient (Wildman–Crippen LogP) is 3.91. The molecule has 6 heteroatoms. The molecule has 25 heavy (non-hydrogen) atoms. The van der Waals surface area contributed by atoms with Crippen LogP contribution >= 0.6 is 0 Å². The van der Waals surface area contributed by atoms with Crippen LogP contribution in [0.5, 0.6) is 0 Å². The molecule has 1 amide bonds. The summed E-state index contributed by atoms with van der Waals surface area (Å²) in [5.41, 5.74) is 1.61. The van der Waals surface area contributed by atoms with E-state index in [1.165, 1.54) is 12.1 Å². The third-order valence-electron chi connectivity index (χ3n) is 3.75. The Balaban J connectivity index is 1.97. The van der Waals surface area contributed by atoms with Crippen LogP contribution in [-0.4, -0.2) is 17.4 Å². The quantitative estimate of drug-likeness (QED) is 0.563. The summed E-state index contributed by atoms with van der Waals surface area (Å²) >= 11 is 0. The molecule has 0 radical (unpaired) electrons. The molecule has 0 bridgehead atoms. The van der Waals surface area contributed by atoms with E-state index in [4.69, 9.17) is 0 Å². The van der Waals surface area contributed by atoms with Gasteiger partial charge in [0, 0.05) is 17.8 Å². The lowest BCUT2D eigenvalue weighted by molar-refractivity contribution is -0.384. The van der Waals surface area contributed by atoms with Gasteiger partial charge in [-0.25, -0.2) is 0 Å². The van der Waals surface area contributed by atoms with Crippen molar-refractivity contribution in [2.75, 3.05) is 11.9 Å². The number of benzene rings is 2. The van der Waals surface area contributed by atoms with E-state index in [0.29, 0.717) is 11.6 Å². The van der Waals surface area contributed by atoms with E-state index in [-0.39, 0.29) is 24.2 Å². The van der Waals surface area contributed by atoms with Crippen molar-refractivity contribution in [2.45, 2.75) is 26.3 Å². The molecule has 0 aliphatic carbocycles. The number of nitrogens with one attached hydrogen (secondary N) is 2. The van der Waals surface area contributed by atoms with Gasteiger partial charge in [0.15, 0.2) is 0 Å². The molecule has 0 fully saturated rings. The zero-order chi connectivity index (χ0) is 18.2. The zero-order valence-electron chi connectivity index (χ0n) is 14.4. The Morgan fingerprint density at radius 1 is 1.12 bits per heavy atom. The second-order valence-corrected chi connectivity index (χ2v) is 6.32. The molecule has 0 aliphatic heterocycles. The van der Waals surface area contributed by atoms with Crippen molar-refractivity contribution < 1.29 is 9.72 Å². The predicted molar refractivity (Wildman–Crippen MR) is 98.4 cm³/mol. The van der Waals surface area contributed by atoms with Gasteiger partial charge < -0.3 is 10.6 Å². The fourth-order valence-corrected chi connectivity index (χ4v) is 2.59. The first-order valence-electron chi connectivity index (χ1n) is 8.28. The number of nitrogens with zero attached hydrogens (tertiary/aromatic N) is 1. The van der Waals surface area contributed by atoms with Gasteiger partial charge in [-0.1, -0.05) is 50.2 Å². The smallest absolute Gasteiger partial charge is 0.271 e. The lowest BCUT2D eigenvalue weighted by atomic mass is 9.97. The number of amides is 1. The van der Waals surface area contributed by atoms with Gasteiger partial charge in [-0.15, -0.1) is 0 Å². The van der Waals surface area contributed by atoms with E-state index in [2.05, 4.69) is 24.5 Å². The first kappa shape index (κ1) is 18.4. The molecule has 0 saturated heterocycles. The third-order valence-corrected chi connectivity index (χ3v) is 3.75.